The Bertz CT molecular complexity index is 1330. The molecule has 1 N–H and O–H groups in total. The van der Waals surface area contributed by atoms with E-state index >= 15 is 0 Å². The second-order valence-electron chi connectivity index (χ2n) is 6.74. The lowest BCUT2D eigenvalue weighted by Crippen LogP contribution is -1.98. The molecule has 0 amide bonds. The van der Waals surface area contributed by atoms with E-state index in [1.165, 1.54) is 0 Å². The van der Waals surface area contributed by atoms with Gasteiger partial charge in [0.25, 0.3) is 5.89 Å². The van der Waals surface area contributed by atoms with Crippen molar-refractivity contribution in [1.82, 2.24) is 20.2 Å². The maximum Gasteiger partial charge on any atom is 0.254 e. The molecule has 154 valence electrons. The third-order valence-corrected chi connectivity index (χ3v) is 5.44. The Balaban J connectivity index is 1.35. The van der Waals surface area contributed by atoms with Gasteiger partial charge in [0.1, 0.15) is 5.82 Å². The molecule has 8 heteroatoms. The van der Waals surface area contributed by atoms with Crippen LogP contribution in [0.25, 0.3) is 33.9 Å². The summed E-state index contributed by atoms with van der Waals surface area (Å²) < 4.78 is 18.0. The third-order valence-electron chi connectivity index (χ3n) is 4.75. The molecule has 0 radical (unpaired) electrons. The number of halogens is 1. The van der Waals surface area contributed by atoms with Gasteiger partial charge in [0.15, 0.2) is 18.1 Å². The Morgan fingerprint density at radius 2 is 1.81 bits per heavy atom. The number of ether oxygens (including phenoxy) is 2. The number of nitrogens with one attached hydrogen (secondary N) is 1. The molecule has 0 fully saturated rings. The van der Waals surface area contributed by atoms with Crippen LogP contribution >= 0.6 is 15.9 Å². The molecule has 2 aromatic heterocycles. The molecule has 0 aliphatic carbocycles. The maximum atomic E-state index is 5.88. The van der Waals surface area contributed by atoms with Crippen molar-refractivity contribution in [2.45, 2.75) is 6.61 Å². The summed E-state index contributed by atoms with van der Waals surface area (Å²) >= 11 is 3.49. The minimum Gasteiger partial charge on any atom is -0.493 e. The molecule has 0 saturated heterocycles. The zero-order valence-electron chi connectivity index (χ0n) is 16.5. The smallest absolute Gasteiger partial charge is 0.254 e. The summed E-state index contributed by atoms with van der Waals surface area (Å²) in [5.74, 6) is 2.72. The molecule has 0 saturated carbocycles. The number of hydrogen-bond donors (Lipinski definition) is 1. The normalized spacial score (nSPS) is 11.0. The van der Waals surface area contributed by atoms with Crippen molar-refractivity contribution in [3.8, 4) is 34.3 Å². The van der Waals surface area contributed by atoms with Crippen molar-refractivity contribution in [2.24, 2.45) is 0 Å². The number of rotatable bonds is 6. The van der Waals surface area contributed by atoms with Gasteiger partial charge in [-0.2, -0.15) is 0 Å². The summed E-state index contributed by atoms with van der Waals surface area (Å²) in [6, 6.07) is 21.2. The summed E-state index contributed by atoms with van der Waals surface area (Å²) in [5.41, 5.74) is 3.62. The zero-order valence-corrected chi connectivity index (χ0v) is 18.1. The lowest BCUT2D eigenvalue weighted by molar-refractivity contribution is 0.251. The fourth-order valence-electron chi connectivity index (χ4n) is 3.22. The van der Waals surface area contributed by atoms with Crippen LogP contribution in [0.1, 0.15) is 5.89 Å². The Hall–Kier alpha value is -3.65. The minimum atomic E-state index is 0.123. The number of benzene rings is 3. The average Bonchev–Trinajstić information content (AvgIpc) is 3.45. The van der Waals surface area contributed by atoms with Gasteiger partial charge in [-0.3, -0.25) is 0 Å². The maximum absolute atomic E-state index is 5.88. The highest BCUT2D eigenvalue weighted by Crippen LogP contribution is 2.33. The third kappa shape index (κ3) is 3.89. The molecule has 0 spiro atoms. The van der Waals surface area contributed by atoms with Crippen molar-refractivity contribution < 1.29 is 13.9 Å². The van der Waals surface area contributed by atoms with Crippen molar-refractivity contribution in [3.63, 3.8) is 0 Å². The number of methoxy groups -OCH3 is 1. The summed E-state index contributed by atoms with van der Waals surface area (Å²) in [7, 11) is 1.60. The van der Waals surface area contributed by atoms with Gasteiger partial charge in [0.05, 0.1) is 23.7 Å². The number of nitrogens with zero attached hydrogens (tertiary/aromatic N) is 3. The van der Waals surface area contributed by atoms with E-state index in [2.05, 4.69) is 36.1 Å². The Labute approximate surface area is 186 Å². The monoisotopic (exact) mass is 476 g/mol. The highest BCUT2D eigenvalue weighted by Gasteiger charge is 2.14. The van der Waals surface area contributed by atoms with Crippen molar-refractivity contribution in [2.75, 3.05) is 7.11 Å². The summed E-state index contributed by atoms with van der Waals surface area (Å²) in [6.07, 6.45) is 0. The van der Waals surface area contributed by atoms with Crippen LogP contribution in [0.3, 0.4) is 0 Å². The molecule has 31 heavy (non-hydrogen) atoms. The van der Waals surface area contributed by atoms with Crippen LogP contribution in [0.5, 0.6) is 11.5 Å². The fraction of sp³-hybridized carbons (Fsp3) is 0.0870. The van der Waals surface area contributed by atoms with Crippen molar-refractivity contribution >= 4 is 27.0 Å². The SMILES string of the molecule is COc1cc(-c2nc3ccccc3[nH]2)ccc1OCc1nnc(-c2ccccc2Br)o1. The first-order valence-electron chi connectivity index (χ1n) is 9.54. The van der Waals surface area contributed by atoms with Crippen molar-refractivity contribution in [1.29, 1.82) is 0 Å². The van der Waals surface area contributed by atoms with Crippen LogP contribution in [0.15, 0.2) is 75.6 Å². The summed E-state index contributed by atoms with van der Waals surface area (Å²) in [6.45, 7) is 0.123. The van der Waals surface area contributed by atoms with Crippen LogP contribution in [0.2, 0.25) is 0 Å². The van der Waals surface area contributed by atoms with Gasteiger partial charge in [-0.15, -0.1) is 10.2 Å². The van der Waals surface area contributed by atoms with Crippen LogP contribution in [-0.4, -0.2) is 27.3 Å². The standard InChI is InChI=1S/C23H17BrN4O3/c1-29-20-12-14(22-25-17-8-4-5-9-18(17)26-22)10-11-19(20)30-13-21-27-28-23(31-21)15-6-2-3-7-16(15)24/h2-12H,13H2,1H3,(H,25,26). The van der Waals surface area contributed by atoms with E-state index in [1.54, 1.807) is 7.11 Å². The second kappa shape index (κ2) is 8.23. The molecular weight excluding hydrogens is 460 g/mol. The Morgan fingerprint density at radius 1 is 0.968 bits per heavy atom. The number of H-pyrrole nitrogens is 1. The van der Waals surface area contributed by atoms with Gasteiger partial charge in [-0.25, -0.2) is 4.98 Å². The number of aromatic amines is 1. The number of imidazole rings is 1. The molecule has 0 aliphatic rings. The predicted molar refractivity (Wildman–Crippen MR) is 120 cm³/mol. The van der Waals surface area contributed by atoms with E-state index in [-0.39, 0.29) is 6.61 Å². The molecule has 0 unspecified atom stereocenters. The minimum absolute atomic E-state index is 0.123. The van der Waals surface area contributed by atoms with Gasteiger partial charge in [0.2, 0.25) is 5.89 Å². The van der Waals surface area contributed by atoms with Crippen LogP contribution in [0, 0.1) is 0 Å². The van der Waals surface area contributed by atoms with Gasteiger partial charge < -0.3 is 18.9 Å². The lowest BCUT2D eigenvalue weighted by atomic mass is 10.2. The fourth-order valence-corrected chi connectivity index (χ4v) is 3.67. The van der Waals surface area contributed by atoms with Gasteiger partial charge in [0, 0.05) is 10.0 Å². The van der Waals surface area contributed by atoms with Crippen LogP contribution < -0.4 is 9.47 Å². The van der Waals surface area contributed by atoms with E-state index in [0.717, 1.165) is 32.5 Å². The van der Waals surface area contributed by atoms with Crippen LogP contribution in [0.4, 0.5) is 0 Å². The number of aromatic nitrogens is 4. The first-order valence-corrected chi connectivity index (χ1v) is 10.3. The Morgan fingerprint density at radius 3 is 2.65 bits per heavy atom. The van der Waals surface area contributed by atoms with E-state index in [9.17, 15) is 0 Å². The molecule has 0 aliphatic heterocycles. The summed E-state index contributed by atoms with van der Waals surface area (Å²) in [5, 5.41) is 8.18. The quantitative estimate of drug-likeness (QED) is 0.341. The number of para-hydroxylation sites is 2. The van der Waals surface area contributed by atoms with Crippen LogP contribution in [-0.2, 0) is 6.61 Å². The molecule has 5 aromatic rings. The first kappa shape index (κ1) is 19.3. The average molecular weight is 477 g/mol. The van der Waals surface area contributed by atoms with Gasteiger partial charge >= 0.3 is 0 Å². The van der Waals surface area contributed by atoms with Gasteiger partial charge in [-0.1, -0.05) is 24.3 Å². The highest BCUT2D eigenvalue weighted by molar-refractivity contribution is 9.10. The topological polar surface area (TPSA) is 86.1 Å². The number of hydrogen-bond acceptors (Lipinski definition) is 6. The Kier molecular flexibility index (Phi) is 5.13. The zero-order chi connectivity index (χ0) is 21.2. The molecule has 2 heterocycles. The lowest BCUT2D eigenvalue weighted by Gasteiger charge is -2.10. The highest BCUT2D eigenvalue weighted by atomic mass is 79.9. The van der Waals surface area contributed by atoms with E-state index in [1.807, 2.05) is 66.7 Å². The van der Waals surface area contributed by atoms with Crippen molar-refractivity contribution in [3.05, 3.63) is 77.1 Å². The van der Waals surface area contributed by atoms with E-state index in [0.29, 0.717) is 23.3 Å². The number of fused-ring (bicyclic) bond motifs is 1. The molecule has 3 aromatic carbocycles. The van der Waals surface area contributed by atoms with E-state index < -0.39 is 0 Å². The molecule has 5 rings (SSSR count). The van der Waals surface area contributed by atoms with E-state index in [4.69, 9.17) is 13.9 Å². The first-order chi connectivity index (χ1) is 15.2. The second-order valence-corrected chi connectivity index (χ2v) is 7.59. The predicted octanol–water partition coefficient (Wildman–Crippen LogP) is 5.63. The molecule has 0 bridgehead atoms. The molecule has 0 atom stereocenters. The molecule has 7 nitrogen and oxygen atoms in total. The summed E-state index contributed by atoms with van der Waals surface area (Å²) in [4.78, 5) is 7.95. The van der Waals surface area contributed by atoms with Gasteiger partial charge in [-0.05, 0) is 58.4 Å². The largest absolute Gasteiger partial charge is 0.493 e. The molecular formula is C23H17BrN4O3.